The molecule has 3 aromatic heterocycles. The predicted molar refractivity (Wildman–Crippen MR) is 99.2 cm³/mol. The quantitative estimate of drug-likeness (QED) is 0.529. The molecule has 0 radical (unpaired) electrons. The maximum Gasteiger partial charge on any atom is 0.281 e. The lowest BCUT2D eigenvalue weighted by Crippen LogP contribution is -2.07. The van der Waals surface area contributed by atoms with Crippen LogP contribution in [0.3, 0.4) is 0 Å². The summed E-state index contributed by atoms with van der Waals surface area (Å²) in [7, 11) is 1.47. The minimum absolute atomic E-state index is 0.138. The minimum Gasteiger partial charge on any atom is -0.496 e. The maximum absolute atomic E-state index is 14.2. The first-order valence-electron chi connectivity index (χ1n) is 8.56. The number of alkyl halides is 2. The number of hydrogen-bond acceptors (Lipinski definition) is 6. The number of fused-ring (bicyclic) bond motifs is 1. The molecule has 0 atom stereocenters. The first-order chi connectivity index (χ1) is 14.1. The summed E-state index contributed by atoms with van der Waals surface area (Å²) in [6.07, 6.45) is 1.06. The Balaban J connectivity index is 1.72. The Morgan fingerprint density at radius 2 is 2.03 bits per heavy atom. The Bertz CT molecular complexity index is 1160. The van der Waals surface area contributed by atoms with Gasteiger partial charge >= 0.3 is 0 Å². The van der Waals surface area contributed by atoms with Crippen molar-refractivity contribution in [1.82, 2.24) is 24.6 Å². The van der Waals surface area contributed by atoms with Gasteiger partial charge in [-0.25, -0.2) is 23.1 Å². The van der Waals surface area contributed by atoms with E-state index in [0.29, 0.717) is 28.3 Å². The van der Waals surface area contributed by atoms with E-state index in [4.69, 9.17) is 4.74 Å². The van der Waals surface area contributed by atoms with E-state index in [-0.39, 0.29) is 17.8 Å². The predicted octanol–water partition coefficient (Wildman–Crippen LogP) is 3.88. The van der Waals surface area contributed by atoms with Crippen molar-refractivity contribution in [3.63, 3.8) is 0 Å². The molecule has 7 nitrogen and oxygen atoms in total. The number of rotatable bonds is 6. The number of nitrogens with zero attached hydrogens (tertiary/aromatic N) is 5. The highest BCUT2D eigenvalue weighted by molar-refractivity contribution is 5.80. The molecule has 0 bridgehead atoms. The first-order valence-corrected chi connectivity index (χ1v) is 8.56. The SMILES string of the molecule is COc1cccc(F)c1CNc1ccc(-c2cncnc2C(F)F)c2nncn12. The molecule has 0 aliphatic rings. The number of hydrogen-bond donors (Lipinski definition) is 1. The highest BCUT2D eigenvalue weighted by atomic mass is 19.3. The smallest absolute Gasteiger partial charge is 0.281 e. The van der Waals surface area contributed by atoms with E-state index in [0.717, 1.165) is 6.33 Å². The molecule has 148 valence electrons. The number of halogens is 3. The summed E-state index contributed by atoms with van der Waals surface area (Å²) >= 11 is 0. The van der Waals surface area contributed by atoms with Crippen molar-refractivity contribution in [2.45, 2.75) is 13.0 Å². The Morgan fingerprint density at radius 3 is 2.83 bits per heavy atom. The number of benzene rings is 1. The van der Waals surface area contributed by atoms with Crippen molar-refractivity contribution in [3.05, 3.63) is 66.3 Å². The van der Waals surface area contributed by atoms with Crippen molar-refractivity contribution in [2.24, 2.45) is 0 Å². The third-order valence-corrected chi connectivity index (χ3v) is 4.44. The molecular formula is C19H15F3N6O. The number of aromatic nitrogens is 5. The van der Waals surface area contributed by atoms with Crippen LogP contribution in [0.4, 0.5) is 19.0 Å². The molecule has 29 heavy (non-hydrogen) atoms. The average molecular weight is 400 g/mol. The highest BCUT2D eigenvalue weighted by Gasteiger charge is 2.20. The van der Waals surface area contributed by atoms with Crippen LogP contribution >= 0.6 is 0 Å². The monoisotopic (exact) mass is 400 g/mol. The Labute approximate surface area is 163 Å². The highest BCUT2D eigenvalue weighted by Crippen LogP contribution is 2.32. The lowest BCUT2D eigenvalue weighted by Gasteiger charge is -2.14. The van der Waals surface area contributed by atoms with Gasteiger partial charge in [0.1, 0.15) is 35.7 Å². The van der Waals surface area contributed by atoms with Crippen LogP contribution in [0.15, 0.2) is 49.2 Å². The number of nitrogens with one attached hydrogen (secondary N) is 1. The number of anilines is 1. The molecule has 0 amide bonds. The molecule has 0 saturated heterocycles. The van der Waals surface area contributed by atoms with E-state index in [1.807, 2.05) is 0 Å². The lowest BCUT2D eigenvalue weighted by atomic mass is 10.1. The van der Waals surface area contributed by atoms with Gasteiger partial charge < -0.3 is 10.1 Å². The van der Waals surface area contributed by atoms with Gasteiger partial charge in [0.05, 0.1) is 7.11 Å². The van der Waals surface area contributed by atoms with E-state index in [1.54, 1.807) is 28.7 Å². The van der Waals surface area contributed by atoms with Crippen LogP contribution in [0.25, 0.3) is 16.8 Å². The molecule has 0 unspecified atom stereocenters. The van der Waals surface area contributed by atoms with Gasteiger partial charge in [-0.15, -0.1) is 10.2 Å². The van der Waals surface area contributed by atoms with Crippen LogP contribution in [0.1, 0.15) is 17.7 Å². The number of ether oxygens (including phenoxy) is 1. The molecule has 0 aliphatic heterocycles. The van der Waals surface area contributed by atoms with Crippen LogP contribution in [0.2, 0.25) is 0 Å². The zero-order valence-corrected chi connectivity index (χ0v) is 15.2. The molecular weight excluding hydrogens is 385 g/mol. The molecule has 0 aliphatic carbocycles. The van der Waals surface area contributed by atoms with Gasteiger partial charge in [-0.05, 0) is 24.3 Å². The molecule has 1 aromatic carbocycles. The maximum atomic E-state index is 14.2. The average Bonchev–Trinajstić information content (AvgIpc) is 3.22. The summed E-state index contributed by atoms with van der Waals surface area (Å²) in [6.45, 7) is 0.138. The van der Waals surface area contributed by atoms with E-state index in [2.05, 4.69) is 25.5 Å². The summed E-state index contributed by atoms with van der Waals surface area (Å²) < 4.78 is 47.6. The van der Waals surface area contributed by atoms with E-state index < -0.39 is 12.2 Å². The molecule has 0 spiro atoms. The fraction of sp³-hybridized carbons (Fsp3) is 0.158. The second kappa shape index (κ2) is 7.74. The van der Waals surface area contributed by atoms with Crippen molar-refractivity contribution < 1.29 is 17.9 Å². The van der Waals surface area contributed by atoms with Gasteiger partial charge in [-0.1, -0.05) is 6.07 Å². The molecule has 10 heteroatoms. The summed E-state index contributed by atoms with van der Waals surface area (Å²) in [5.41, 5.74) is 0.890. The van der Waals surface area contributed by atoms with Gasteiger partial charge in [0, 0.05) is 29.4 Å². The van der Waals surface area contributed by atoms with Crippen LogP contribution in [0, 0.1) is 5.82 Å². The molecule has 0 fully saturated rings. The van der Waals surface area contributed by atoms with Crippen LogP contribution in [0.5, 0.6) is 5.75 Å². The molecule has 4 rings (SSSR count). The summed E-state index contributed by atoms with van der Waals surface area (Å²) in [5, 5.41) is 11.0. The first kappa shape index (κ1) is 18.7. The van der Waals surface area contributed by atoms with E-state index in [9.17, 15) is 13.2 Å². The van der Waals surface area contributed by atoms with Gasteiger partial charge in [0.25, 0.3) is 6.43 Å². The van der Waals surface area contributed by atoms with Crippen LogP contribution < -0.4 is 10.1 Å². The second-order valence-electron chi connectivity index (χ2n) is 6.05. The van der Waals surface area contributed by atoms with Crippen molar-refractivity contribution in [1.29, 1.82) is 0 Å². The van der Waals surface area contributed by atoms with Crippen molar-refractivity contribution in [3.8, 4) is 16.9 Å². The second-order valence-corrected chi connectivity index (χ2v) is 6.05. The van der Waals surface area contributed by atoms with Gasteiger partial charge in [0.2, 0.25) is 0 Å². The summed E-state index contributed by atoms with van der Waals surface area (Å²) in [6, 6.07) is 7.86. The van der Waals surface area contributed by atoms with Gasteiger partial charge in [-0.2, -0.15) is 0 Å². The molecule has 1 N–H and O–H groups in total. The zero-order chi connectivity index (χ0) is 20.4. The Morgan fingerprint density at radius 1 is 1.17 bits per heavy atom. The minimum atomic E-state index is -2.76. The summed E-state index contributed by atoms with van der Waals surface area (Å²) in [5.74, 6) is 0.558. The fourth-order valence-corrected chi connectivity index (χ4v) is 3.07. The van der Waals surface area contributed by atoms with Crippen molar-refractivity contribution in [2.75, 3.05) is 12.4 Å². The topological polar surface area (TPSA) is 77.2 Å². The Kier molecular flexibility index (Phi) is 4.98. The van der Waals surface area contributed by atoms with E-state index in [1.165, 1.54) is 25.7 Å². The van der Waals surface area contributed by atoms with Crippen molar-refractivity contribution >= 4 is 11.5 Å². The lowest BCUT2D eigenvalue weighted by molar-refractivity contribution is 0.146. The normalized spacial score (nSPS) is 11.2. The number of methoxy groups -OCH3 is 1. The van der Waals surface area contributed by atoms with E-state index >= 15 is 0 Å². The summed E-state index contributed by atoms with van der Waals surface area (Å²) in [4.78, 5) is 7.53. The largest absolute Gasteiger partial charge is 0.496 e. The third kappa shape index (κ3) is 3.44. The van der Waals surface area contributed by atoms with Crippen LogP contribution in [-0.2, 0) is 6.54 Å². The molecule has 3 heterocycles. The third-order valence-electron chi connectivity index (χ3n) is 4.44. The number of pyridine rings is 1. The Hall–Kier alpha value is -3.69. The standard InChI is InChI=1S/C19H15F3N6O/c1-29-15-4-2-3-14(20)13(15)8-24-16-6-5-11(19-27-26-10-28(16)19)12-7-23-9-25-17(12)18(21)22/h2-7,9-10,18,24H,8H2,1H3. The zero-order valence-electron chi connectivity index (χ0n) is 15.2. The van der Waals surface area contributed by atoms with Crippen LogP contribution in [-0.4, -0.2) is 31.7 Å². The fourth-order valence-electron chi connectivity index (χ4n) is 3.07. The van der Waals surface area contributed by atoms with Gasteiger partial charge in [-0.3, -0.25) is 4.40 Å². The molecule has 4 aromatic rings. The molecule has 0 saturated carbocycles. The van der Waals surface area contributed by atoms with Gasteiger partial charge in [0.15, 0.2) is 5.65 Å².